The van der Waals surface area contributed by atoms with Crippen molar-refractivity contribution >= 4 is 11.6 Å². The highest BCUT2D eigenvalue weighted by molar-refractivity contribution is 6.30. The molecule has 0 amide bonds. The van der Waals surface area contributed by atoms with E-state index in [1.807, 2.05) is 12.1 Å². The molecule has 0 aromatic heterocycles. The zero-order valence-electron chi connectivity index (χ0n) is 8.50. The van der Waals surface area contributed by atoms with Crippen LogP contribution in [-0.4, -0.2) is 11.7 Å². The summed E-state index contributed by atoms with van der Waals surface area (Å²) in [6, 6.07) is 5.62. The van der Waals surface area contributed by atoms with Crippen LogP contribution in [0.15, 0.2) is 18.2 Å². The van der Waals surface area contributed by atoms with Crippen LogP contribution in [0.4, 0.5) is 0 Å². The van der Waals surface area contributed by atoms with Gasteiger partial charge >= 0.3 is 0 Å². The van der Waals surface area contributed by atoms with Gasteiger partial charge in [-0.2, -0.15) is 0 Å². The van der Waals surface area contributed by atoms with E-state index in [0.717, 1.165) is 11.1 Å². The van der Waals surface area contributed by atoms with Crippen molar-refractivity contribution < 1.29 is 5.11 Å². The first-order valence-electron chi connectivity index (χ1n) is 4.73. The first-order chi connectivity index (χ1) is 6.54. The van der Waals surface area contributed by atoms with E-state index < -0.39 is 6.10 Å². The highest BCUT2D eigenvalue weighted by Gasteiger charge is 2.09. The Balaban J connectivity index is 3.07. The molecular formula is C11H16ClNO. The Kier molecular flexibility index (Phi) is 3.93. The second kappa shape index (κ2) is 4.78. The first-order valence-corrected chi connectivity index (χ1v) is 5.11. The lowest BCUT2D eigenvalue weighted by atomic mass is 9.99. The van der Waals surface area contributed by atoms with Crippen LogP contribution in [0, 0.1) is 0 Å². The van der Waals surface area contributed by atoms with Crippen molar-refractivity contribution in [2.45, 2.75) is 25.9 Å². The fourth-order valence-electron chi connectivity index (χ4n) is 1.30. The van der Waals surface area contributed by atoms with Crippen LogP contribution in [-0.2, 0) is 0 Å². The summed E-state index contributed by atoms with van der Waals surface area (Å²) in [5.74, 6) is 0.400. The van der Waals surface area contributed by atoms with Gasteiger partial charge in [-0.3, -0.25) is 0 Å². The average molecular weight is 214 g/mol. The van der Waals surface area contributed by atoms with Gasteiger partial charge in [0.15, 0.2) is 0 Å². The van der Waals surface area contributed by atoms with Gasteiger partial charge in [-0.05, 0) is 29.2 Å². The van der Waals surface area contributed by atoms with Crippen LogP contribution >= 0.6 is 11.6 Å². The molecule has 1 rings (SSSR count). The van der Waals surface area contributed by atoms with Crippen molar-refractivity contribution in [3.8, 4) is 0 Å². The molecule has 0 aliphatic carbocycles. The molecule has 0 aliphatic rings. The van der Waals surface area contributed by atoms with Gasteiger partial charge < -0.3 is 10.8 Å². The summed E-state index contributed by atoms with van der Waals surface area (Å²) >= 11 is 5.94. The monoisotopic (exact) mass is 213 g/mol. The van der Waals surface area contributed by atoms with Crippen LogP contribution in [0.2, 0.25) is 5.02 Å². The number of hydrogen-bond donors (Lipinski definition) is 2. The lowest BCUT2D eigenvalue weighted by molar-refractivity contribution is 0.186. The highest BCUT2D eigenvalue weighted by Crippen LogP contribution is 2.24. The van der Waals surface area contributed by atoms with E-state index in [4.69, 9.17) is 17.3 Å². The van der Waals surface area contributed by atoms with Crippen molar-refractivity contribution in [2.75, 3.05) is 6.54 Å². The topological polar surface area (TPSA) is 46.2 Å². The Labute approximate surface area is 89.7 Å². The number of rotatable bonds is 3. The first kappa shape index (κ1) is 11.5. The van der Waals surface area contributed by atoms with E-state index in [1.165, 1.54) is 0 Å². The van der Waals surface area contributed by atoms with Crippen LogP contribution < -0.4 is 5.73 Å². The van der Waals surface area contributed by atoms with Crippen LogP contribution in [0.5, 0.6) is 0 Å². The van der Waals surface area contributed by atoms with E-state index in [2.05, 4.69) is 13.8 Å². The molecule has 0 saturated heterocycles. The number of halogens is 1. The molecule has 0 saturated carbocycles. The van der Waals surface area contributed by atoms with Crippen molar-refractivity contribution in [1.82, 2.24) is 0 Å². The summed E-state index contributed by atoms with van der Waals surface area (Å²) in [7, 11) is 0. The van der Waals surface area contributed by atoms with Crippen molar-refractivity contribution in [3.63, 3.8) is 0 Å². The van der Waals surface area contributed by atoms with E-state index in [0.29, 0.717) is 10.9 Å². The maximum atomic E-state index is 9.58. The average Bonchev–Trinajstić information content (AvgIpc) is 2.15. The number of hydrogen-bond acceptors (Lipinski definition) is 2. The lowest BCUT2D eigenvalue weighted by Gasteiger charge is -2.12. The maximum absolute atomic E-state index is 9.58. The van der Waals surface area contributed by atoms with Gasteiger partial charge in [-0.15, -0.1) is 0 Å². The Morgan fingerprint density at radius 1 is 1.29 bits per heavy atom. The summed E-state index contributed by atoms with van der Waals surface area (Å²) in [4.78, 5) is 0. The third kappa shape index (κ3) is 2.71. The van der Waals surface area contributed by atoms with Gasteiger partial charge in [-0.1, -0.05) is 31.5 Å². The fourth-order valence-corrected chi connectivity index (χ4v) is 1.55. The Hall–Kier alpha value is -0.570. The normalized spacial score (nSPS) is 13.3. The van der Waals surface area contributed by atoms with Crippen molar-refractivity contribution in [3.05, 3.63) is 34.3 Å². The molecule has 78 valence electrons. The number of aliphatic hydroxyl groups is 1. The molecule has 1 aromatic carbocycles. The molecule has 0 spiro atoms. The van der Waals surface area contributed by atoms with Gasteiger partial charge in [0.2, 0.25) is 0 Å². The number of benzene rings is 1. The molecule has 1 unspecified atom stereocenters. The maximum Gasteiger partial charge on any atom is 0.0912 e. The molecule has 2 nitrogen and oxygen atoms in total. The molecule has 0 radical (unpaired) electrons. The van der Waals surface area contributed by atoms with E-state index in [9.17, 15) is 5.11 Å². The largest absolute Gasteiger partial charge is 0.387 e. The van der Waals surface area contributed by atoms with Gasteiger partial charge in [0.1, 0.15) is 0 Å². The molecule has 0 bridgehead atoms. The summed E-state index contributed by atoms with van der Waals surface area (Å²) in [5, 5.41) is 10.2. The predicted molar refractivity (Wildman–Crippen MR) is 59.6 cm³/mol. The number of nitrogens with two attached hydrogens (primary N) is 1. The zero-order chi connectivity index (χ0) is 10.7. The molecule has 0 fully saturated rings. The van der Waals surface area contributed by atoms with E-state index >= 15 is 0 Å². The third-order valence-electron chi connectivity index (χ3n) is 2.22. The van der Waals surface area contributed by atoms with E-state index in [1.54, 1.807) is 6.07 Å². The minimum atomic E-state index is -0.619. The van der Waals surface area contributed by atoms with Crippen LogP contribution in [0.25, 0.3) is 0 Å². The SMILES string of the molecule is CC(C)c1cc(Cl)cc(C(O)CN)c1. The summed E-state index contributed by atoms with van der Waals surface area (Å²) in [5.41, 5.74) is 7.31. The second-order valence-corrected chi connectivity index (χ2v) is 4.16. The van der Waals surface area contributed by atoms with Crippen molar-refractivity contribution in [2.24, 2.45) is 5.73 Å². The smallest absolute Gasteiger partial charge is 0.0912 e. The summed E-state index contributed by atoms with van der Waals surface area (Å²) in [6.07, 6.45) is -0.619. The molecule has 14 heavy (non-hydrogen) atoms. The fraction of sp³-hybridized carbons (Fsp3) is 0.455. The highest BCUT2D eigenvalue weighted by atomic mass is 35.5. The van der Waals surface area contributed by atoms with Crippen LogP contribution in [0.1, 0.15) is 37.0 Å². The molecule has 1 aromatic rings. The minimum absolute atomic E-state index is 0.220. The standard InChI is InChI=1S/C11H16ClNO/c1-7(2)8-3-9(11(14)6-13)5-10(12)4-8/h3-5,7,11,14H,6,13H2,1-2H3. The van der Waals surface area contributed by atoms with Crippen LogP contribution in [0.3, 0.4) is 0 Å². The van der Waals surface area contributed by atoms with Gasteiger partial charge in [0, 0.05) is 11.6 Å². The van der Waals surface area contributed by atoms with Gasteiger partial charge in [0.05, 0.1) is 6.10 Å². The Morgan fingerprint density at radius 2 is 1.86 bits per heavy atom. The quantitative estimate of drug-likeness (QED) is 0.810. The summed E-state index contributed by atoms with van der Waals surface area (Å²) in [6.45, 7) is 4.40. The molecule has 3 N–H and O–H groups in total. The molecule has 1 atom stereocenters. The Morgan fingerprint density at radius 3 is 2.36 bits per heavy atom. The Bertz CT molecular complexity index is 312. The van der Waals surface area contributed by atoms with E-state index in [-0.39, 0.29) is 6.54 Å². The minimum Gasteiger partial charge on any atom is -0.387 e. The summed E-state index contributed by atoms with van der Waals surface area (Å²) < 4.78 is 0. The third-order valence-corrected chi connectivity index (χ3v) is 2.44. The molecule has 0 aliphatic heterocycles. The molecular weight excluding hydrogens is 198 g/mol. The van der Waals surface area contributed by atoms with Gasteiger partial charge in [0.25, 0.3) is 0 Å². The van der Waals surface area contributed by atoms with Crippen molar-refractivity contribution in [1.29, 1.82) is 0 Å². The van der Waals surface area contributed by atoms with Gasteiger partial charge in [-0.25, -0.2) is 0 Å². The lowest BCUT2D eigenvalue weighted by Crippen LogP contribution is -2.11. The molecule has 0 heterocycles. The predicted octanol–water partition coefficient (Wildman–Crippen LogP) is 2.46. The number of aliphatic hydroxyl groups excluding tert-OH is 1. The molecule has 3 heteroatoms. The zero-order valence-corrected chi connectivity index (χ0v) is 9.25. The second-order valence-electron chi connectivity index (χ2n) is 3.72.